The standard InChI is InChI=1S/C18H22N4O/c23-18(14-3-4-16-17(12-14)21-9-8-20-16)22-10-5-13(6-11-22)15-2-1-7-19-15/h3-4,8-9,12-13,15,19H,1-2,5-7,10-11H2. The predicted octanol–water partition coefficient (Wildman–Crippen LogP) is 2.23. The molecule has 23 heavy (non-hydrogen) atoms. The largest absolute Gasteiger partial charge is 0.339 e. The molecule has 1 aromatic heterocycles. The number of nitrogens with zero attached hydrogens (tertiary/aromatic N) is 3. The lowest BCUT2D eigenvalue weighted by Crippen LogP contribution is -2.43. The van der Waals surface area contributed by atoms with Crippen LogP contribution in [0, 0.1) is 5.92 Å². The SMILES string of the molecule is O=C(c1ccc2nccnc2c1)N1CCC(C2CCCN2)CC1. The Morgan fingerprint density at radius 2 is 1.87 bits per heavy atom. The lowest BCUT2D eigenvalue weighted by atomic mass is 9.88. The van der Waals surface area contributed by atoms with Crippen molar-refractivity contribution in [2.75, 3.05) is 19.6 Å². The van der Waals surface area contributed by atoms with Crippen molar-refractivity contribution in [1.82, 2.24) is 20.2 Å². The number of benzene rings is 1. The molecule has 0 bridgehead atoms. The molecule has 1 unspecified atom stereocenters. The molecule has 5 nitrogen and oxygen atoms in total. The van der Waals surface area contributed by atoms with Crippen molar-refractivity contribution in [2.24, 2.45) is 5.92 Å². The van der Waals surface area contributed by atoms with Crippen molar-refractivity contribution in [3.05, 3.63) is 36.2 Å². The maximum Gasteiger partial charge on any atom is 0.253 e. The van der Waals surface area contributed by atoms with E-state index in [9.17, 15) is 4.79 Å². The Hall–Kier alpha value is -2.01. The molecule has 0 radical (unpaired) electrons. The van der Waals surface area contributed by atoms with Crippen molar-refractivity contribution in [3.8, 4) is 0 Å². The Balaban J connectivity index is 1.44. The van der Waals surface area contributed by atoms with Crippen LogP contribution in [0.25, 0.3) is 11.0 Å². The average Bonchev–Trinajstić information content (AvgIpc) is 3.15. The van der Waals surface area contributed by atoms with Gasteiger partial charge in [0.05, 0.1) is 11.0 Å². The number of amides is 1. The van der Waals surface area contributed by atoms with Crippen LogP contribution < -0.4 is 5.32 Å². The molecule has 0 spiro atoms. The van der Waals surface area contributed by atoms with E-state index in [-0.39, 0.29) is 5.91 Å². The van der Waals surface area contributed by atoms with Gasteiger partial charge in [-0.3, -0.25) is 14.8 Å². The lowest BCUT2D eigenvalue weighted by Gasteiger charge is -2.35. The maximum absolute atomic E-state index is 12.7. The van der Waals surface area contributed by atoms with E-state index in [1.165, 1.54) is 12.8 Å². The van der Waals surface area contributed by atoms with Crippen LogP contribution in [0.2, 0.25) is 0 Å². The maximum atomic E-state index is 12.7. The molecule has 1 amide bonds. The van der Waals surface area contributed by atoms with Crippen LogP contribution in [0.15, 0.2) is 30.6 Å². The number of fused-ring (bicyclic) bond motifs is 1. The van der Waals surface area contributed by atoms with Gasteiger partial charge in [0.25, 0.3) is 5.91 Å². The smallest absolute Gasteiger partial charge is 0.253 e. The van der Waals surface area contributed by atoms with Gasteiger partial charge in [0.2, 0.25) is 0 Å². The molecule has 2 aliphatic rings. The van der Waals surface area contributed by atoms with E-state index < -0.39 is 0 Å². The second-order valence-electron chi connectivity index (χ2n) is 6.59. The zero-order valence-electron chi connectivity index (χ0n) is 13.2. The number of nitrogens with one attached hydrogen (secondary N) is 1. The van der Waals surface area contributed by atoms with Crippen molar-refractivity contribution in [3.63, 3.8) is 0 Å². The summed E-state index contributed by atoms with van der Waals surface area (Å²) in [6, 6.07) is 6.27. The second kappa shape index (κ2) is 6.24. The number of carbonyl (C=O) groups is 1. The van der Waals surface area contributed by atoms with Crippen LogP contribution >= 0.6 is 0 Å². The number of rotatable bonds is 2. The van der Waals surface area contributed by atoms with Gasteiger partial charge in [-0.2, -0.15) is 0 Å². The molecule has 0 aliphatic carbocycles. The third-order valence-corrected chi connectivity index (χ3v) is 5.21. The first-order chi connectivity index (χ1) is 11.3. The van der Waals surface area contributed by atoms with E-state index in [0.717, 1.165) is 55.0 Å². The van der Waals surface area contributed by atoms with Gasteiger partial charge in [-0.05, 0) is 56.3 Å². The van der Waals surface area contributed by atoms with Crippen LogP contribution in [0.3, 0.4) is 0 Å². The van der Waals surface area contributed by atoms with E-state index in [2.05, 4.69) is 15.3 Å². The minimum absolute atomic E-state index is 0.121. The number of aromatic nitrogens is 2. The minimum atomic E-state index is 0.121. The summed E-state index contributed by atoms with van der Waals surface area (Å²) < 4.78 is 0. The topological polar surface area (TPSA) is 58.1 Å². The molecule has 1 atom stereocenters. The molecule has 4 rings (SSSR count). The highest BCUT2D eigenvalue weighted by Crippen LogP contribution is 2.26. The predicted molar refractivity (Wildman–Crippen MR) is 89.2 cm³/mol. The van der Waals surface area contributed by atoms with E-state index in [4.69, 9.17) is 0 Å². The summed E-state index contributed by atoms with van der Waals surface area (Å²) >= 11 is 0. The van der Waals surface area contributed by atoms with Gasteiger partial charge in [0.15, 0.2) is 0 Å². The normalized spacial score (nSPS) is 22.6. The zero-order valence-corrected chi connectivity index (χ0v) is 13.2. The third-order valence-electron chi connectivity index (χ3n) is 5.21. The van der Waals surface area contributed by atoms with Crippen LogP contribution in [0.4, 0.5) is 0 Å². The monoisotopic (exact) mass is 310 g/mol. The molecule has 2 aliphatic heterocycles. The molecule has 2 saturated heterocycles. The molecule has 3 heterocycles. The van der Waals surface area contributed by atoms with Gasteiger partial charge >= 0.3 is 0 Å². The fraction of sp³-hybridized carbons (Fsp3) is 0.500. The van der Waals surface area contributed by atoms with Crippen LogP contribution in [0.5, 0.6) is 0 Å². The minimum Gasteiger partial charge on any atom is -0.339 e. The molecule has 2 fully saturated rings. The van der Waals surface area contributed by atoms with Gasteiger partial charge in [-0.1, -0.05) is 0 Å². The van der Waals surface area contributed by atoms with E-state index in [1.807, 2.05) is 23.1 Å². The molecular weight excluding hydrogens is 288 g/mol. The average molecular weight is 310 g/mol. The summed E-state index contributed by atoms with van der Waals surface area (Å²) in [5, 5.41) is 3.60. The fourth-order valence-electron chi connectivity index (χ4n) is 3.90. The van der Waals surface area contributed by atoms with Gasteiger partial charge < -0.3 is 10.2 Å². The zero-order chi connectivity index (χ0) is 15.6. The first-order valence-electron chi connectivity index (χ1n) is 8.55. The van der Waals surface area contributed by atoms with Crippen LogP contribution in [0.1, 0.15) is 36.0 Å². The summed E-state index contributed by atoms with van der Waals surface area (Å²) in [5.41, 5.74) is 2.33. The number of likely N-dealkylation sites (tertiary alicyclic amines) is 1. The Bertz CT molecular complexity index is 703. The van der Waals surface area contributed by atoms with E-state index in [0.29, 0.717) is 6.04 Å². The second-order valence-corrected chi connectivity index (χ2v) is 6.59. The highest BCUT2D eigenvalue weighted by molar-refractivity contribution is 5.97. The summed E-state index contributed by atoms with van der Waals surface area (Å²) in [5.74, 6) is 0.847. The molecule has 5 heteroatoms. The Morgan fingerprint density at radius 3 is 2.61 bits per heavy atom. The highest BCUT2D eigenvalue weighted by Gasteiger charge is 2.30. The molecule has 120 valence electrons. The van der Waals surface area contributed by atoms with Gasteiger partial charge in [-0.25, -0.2) is 0 Å². The summed E-state index contributed by atoms with van der Waals surface area (Å²) in [6.45, 7) is 2.88. The van der Waals surface area contributed by atoms with Crippen molar-refractivity contribution < 1.29 is 4.79 Å². The summed E-state index contributed by atoms with van der Waals surface area (Å²) in [6.07, 6.45) is 8.14. The van der Waals surface area contributed by atoms with Gasteiger partial charge in [0.1, 0.15) is 0 Å². The third kappa shape index (κ3) is 2.93. The quantitative estimate of drug-likeness (QED) is 0.924. The number of carbonyl (C=O) groups excluding carboxylic acids is 1. The Kier molecular flexibility index (Phi) is 3.95. The molecule has 2 aromatic rings. The molecule has 1 aromatic carbocycles. The Labute approximate surface area is 136 Å². The highest BCUT2D eigenvalue weighted by atomic mass is 16.2. The summed E-state index contributed by atoms with van der Waals surface area (Å²) in [7, 11) is 0. The molecule has 0 saturated carbocycles. The van der Waals surface area contributed by atoms with Crippen LogP contribution in [-0.2, 0) is 0 Å². The van der Waals surface area contributed by atoms with E-state index >= 15 is 0 Å². The molecular formula is C18H22N4O. The Morgan fingerprint density at radius 1 is 1.09 bits per heavy atom. The molecule has 1 N–H and O–H groups in total. The van der Waals surface area contributed by atoms with Gasteiger partial charge in [-0.15, -0.1) is 0 Å². The van der Waals surface area contributed by atoms with E-state index in [1.54, 1.807) is 12.4 Å². The van der Waals surface area contributed by atoms with Crippen LogP contribution in [-0.4, -0.2) is 46.5 Å². The van der Waals surface area contributed by atoms with Crippen molar-refractivity contribution in [1.29, 1.82) is 0 Å². The van der Waals surface area contributed by atoms with Gasteiger partial charge in [0, 0.05) is 37.1 Å². The van der Waals surface area contributed by atoms with Crippen molar-refractivity contribution >= 4 is 16.9 Å². The fourth-order valence-corrected chi connectivity index (χ4v) is 3.90. The first-order valence-corrected chi connectivity index (χ1v) is 8.55. The number of hydrogen-bond donors (Lipinski definition) is 1. The number of piperidine rings is 1. The summed E-state index contributed by atoms with van der Waals surface area (Å²) in [4.78, 5) is 23.3. The van der Waals surface area contributed by atoms with Crippen molar-refractivity contribution in [2.45, 2.75) is 31.7 Å². The number of hydrogen-bond acceptors (Lipinski definition) is 4. The first kappa shape index (κ1) is 14.6. The lowest BCUT2D eigenvalue weighted by molar-refractivity contribution is 0.0674.